The first kappa shape index (κ1) is 15.7. The van der Waals surface area contributed by atoms with Crippen molar-refractivity contribution in [2.45, 2.75) is 0 Å². The van der Waals surface area contributed by atoms with Crippen LogP contribution in [-0.2, 0) is 0 Å². The monoisotopic (exact) mass is 223 g/mol. The molecule has 0 saturated heterocycles. The summed E-state index contributed by atoms with van der Waals surface area (Å²) in [6, 6.07) is 0. The van der Waals surface area contributed by atoms with E-state index in [-0.39, 0.29) is 78.4 Å². The Balaban J connectivity index is -0.0000000450. The second-order valence-corrected chi connectivity index (χ2v) is 0.224. The molecule has 0 aliphatic rings. The molecular weight excluding hydrogens is 222 g/mol. The molecular formula is BaNNaO3+2. The van der Waals surface area contributed by atoms with E-state index in [2.05, 4.69) is 0 Å². The van der Waals surface area contributed by atoms with Gasteiger partial charge < -0.3 is 15.3 Å². The van der Waals surface area contributed by atoms with Gasteiger partial charge in [-0.2, -0.15) is 0 Å². The Morgan fingerprint density at radius 2 is 1.33 bits per heavy atom. The Morgan fingerprint density at radius 1 is 1.33 bits per heavy atom. The van der Waals surface area contributed by atoms with Gasteiger partial charge in [-0.25, -0.2) is 0 Å². The van der Waals surface area contributed by atoms with E-state index in [0.717, 1.165) is 0 Å². The third kappa shape index (κ3) is 41.9. The molecule has 0 fully saturated rings. The van der Waals surface area contributed by atoms with Gasteiger partial charge in [0.2, 0.25) is 0 Å². The van der Waals surface area contributed by atoms with Crippen molar-refractivity contribution < 1.29 is 34.6 Å². The van der Waals surface area contributed by atoms with E-state index < -0.39 is 5.09 Å². The molecule has 0 amide bonds. The van der Waals surface area contributed by atoms with E-state index in [0.29, 0.717) is 0 Å². The van der Waals surface area contributed by atoms with Crippen LogP contribution in [-0.4, -0.2) is 54.0 Å². The van der Waals surface area contributed by atoms with E-state index in [1.54, 1.807) is 0 Å². The van der Waals surface area contributed by atoms with Gasteiger partial charge in [0.1, 0.15) is 0 Å². The van der Waals surface area contributed by atoms with Gasteiger partial charge >= 0.3 is 78.4 Å². The number of nitrogens with zero attached hydrogens (tertiary/aromatic N) is 1. The van der Waals surface area contributed by atoms with Crippen molar-refractivity contribution in [1.82, 2.24) is 0 Å². The van der Waals surface area contributed by atoms with Gasteiger partial charge in [-0.05, 0) is 0 Å². The maximum absolute atomic E-state index is 8.25. The van der Waals surface area contributed by atoms with Crippen molar-refractivity contribution >= 4 is 48.9 Å². The van der Waals surface area contributed by atoms with Crippen molar-refractivity contribution in [3.63, 3.8) is 0 Å². The first-order valence-electron chi connectivity index (χ1n) is 0.548. The van der Waals surface area contributed by atoms with Crippen LogP contribution in [0.15, 0.2) is 0 Å². The molecule has 0 radical (unpaired) electrons. The van der Waals surface area contributed by atoms with Crippen LogP contribution in [0.3, 0.4) is 0 Å². The molecule has 0 spiro atoms. The number of hydrogen-bond acceptors (Lipinski definition) is 3. The van der Waals surface area contributed by atoms with E-state index in [9.17, 15) is 0 Å². The van der Waals surface area contributed by atoms with E-state index >= 15 is 0 Å². The third-order valence-corrected chi connectivity index (χ3v) is 0. The van der Waals surface area contributed by atoms with Gasteiger partial charge in [-0.15, -0.1) is 0 Å². The summed E-state index contributed by atoms with van der Waals surface area (Å²) in [6.45, 7) is 0. The summed E-state index contributed by atoms with van der Waals surface area (Å²) in [5.41, 5.74) is 0. The smallest absolute Gasteiger partial charge is 0.356 e. The van der Waals surface area contributed by atoms with Gasteiger partial charge in [0, 0.05) is 0 Å². The number of rotatable bonds is 0. The van der Waals surface area contributed by atoms with Crippen LogP contribution < -0.4 is 29.6 Å². The first-order valence-corrected chi connectivity index (χ1v) is 0.548. The summed E-state index contributed by atoms with van der Waals surface area (Å²) in [6.07, 6.45) is 0. The van der Waals surface area contributed by atoms with Gasteiger partial charge in [0.05, 0.1) is 5.09 Å². The molecule has 0 bridgehead atoms. The normalized spacial score (nSPS) is 4.00. The Hall–Kier alpha value is 1.77. The van der Waals surface area contributed by atoms with Crippen molar-refractivity contribution in [2.75, 3.05) is 0 Å². The van der Waals surface area contributed by atoms with Gasteiger partial charge in [0.15, 0.2) is 0 Å². The maximum atomic E-state index is 8.25. The molecule has 0 atom stereocenters. The minimum atomic E-state index is -1.75. The fourth-order valence-electron chi connectivity index (χ4n) is 0. The molecule has 24 valence electrons. The van der Waals surface area contributed by atoms with Crippen LogP contribution in [0.25, 0.3) is 0 Å². The molecule has 6 heteroatoms. The Labute approximate surface area is 96.8 Å². The largest absolute Gasteiger partial charge is 2.00 e. The van der Waals surface area contributed by atoms with Gasteiger partial charge in [-0.3, -0.25) is 0 Å². The van der Waals surface area contributed by atoms with Crippen LogP contribution >= 0.6 is 0 Å². The van der Waals surface area contributed by atoms with Crippen LogP contribution in [0, 0.1) is 15.3 Å². The van der Waals surface area contributed by atoms with Gasteiger partial charge in [0.25, 0.3) is 0 Å². The van der Waals surface area contributed by atoms with Crippen molar-refractivity contribution in [3.05, 3.63) is 15.3 Å². The van der Waals surface area contributed by atoms with Gasteiger partial charge in [-0.1, -0.05) is 0 Å². The van der Waals surface area contributed by atoms with Crippen molar-refractivity contribution in [1.29, 1.82) is 0 Å². The minimum Gasteiger partial charge on any atom is -0.356 e. The molecule has 0 aliphatic carbocycles. The topological polar surface area (TPSA) is 66.2 Å². The van der Waals surface area contributed by atoms with E-state index in [4.69, 9.17) is 15.3 Å². The summed E-state index contributed by atoms with van der Waals surface area (Å²) in [7, 11) is 0. The summed E-state index contributed by atoms with van der Waals surface area (Å²) in [5.74, 6) is 0. The predicted molar refractivity (Wildman–Crippen MR) is 16.1 cm³/mol. The summed E-state index contributed by atoms with van der Waals surface area (Å²) in [5, 5.41) is 14.8. The first-order chi connectivity index (χ1) is 1.73. The zero-order valence-electron chi connectivity index (χ0n) is 3.38. The molecule has 0 aromatic heterocycles. The average Bonchev–Trinajstić information content (AvgIpc) is 0.811. The van der Waals surface area contributed by atoms with E-state index in [1.165, 1.54) is 0 Å². The van der Waals surface area contributed by atoms with Crippen LogP contribution in [0.4, 0.5) is 0 Å². The number of hydrogen-bond donors (Lipinski definition) is 0. The van der Waals surface area contributed by atoms with E-state index in [1.807, 2.05) is 0 Å². The molecule has 0 heterocycles. The zero-order valence-corrected chi connectivity index (χ0v) is 9.82. The minimum absolute atomic E-state index is 0. The molecule has 4 nitrogen and oxygen atoms in total. The zero-order chi connectivity index (χ0) is 3.58. The van der Waals surface area contributed by atoms with Crippen LogP contribution in [0.5, 0.6) is 0 Å². The molecule has 0 unspecified atom stereocenters. The van der Waals surface area contributed by atoms with Crippen molar-refractivity contribution in [2.24, 2.45) is 0 Å². The molecule has 0 saturated carbocycles. The summed E-state index contributed by atoms with van der Waals surface area (Å²) >= 11 is 0. The Kier molecular flexibility index (Phi) is 25.8. The third-order valence-electron chi connectivity index (χ3n) is 0. The quantitative estimate of drug-likeness (QED) is 0.241. The average molecular weight is 222 g/mol. The molecule has 0 aliphatic heterocycles. The fourth-order valence-corrected chi connectivity index (χ4v) is 0. The summed E-state index contributed by atoms with van der Waals surface area (Å²) < 4.78 is 0. The SMILES string of the molecule is O=[N+]([O-])[O-].[Ba+2].[Na+]. The van der Waals surface area contributed by atoms with Crippen LogP contribution in [0.2, 0.25) is 0 Å². The van der Waals surface area contributed by atoms with Crippen LogP contribution in [0.1, 0.15) is 0 Å². The standard InChI is InChI=1S/Ba.NO3.Na/c;2-1(3)4;/q+2;-1;+1. The molecule has 0 N–H and O–H groups in total. The molecule has 6 heavy (non-hydrogen) atoms. The second kappa shape index (κ2) is 9.91. The fraction of sp³-hybridized carbons (Fsp3) is 0. The molecule has 0 aromatic rings. The Morgan fingerprint density at radius 3 is 1.33 bits per heavy atom. The molecule has 0 rings (SSSR count). The van der Waals surface area contributed by atoms with Crippen molar-refractivity contribution in [3.8, 4) is 0 Å². The Bertz CT molecular complexity index is 33.8. The predicted octanol–water partition coefficient (Wildman–Crippen LogP) is -3.62. The second-order valence-electron chi connectivity index (χ2n) is 0.224. The summed E-state index contributed by atoms with van der Waals surface area (Å²) in [4.78, 5) is 8.25. The maximum Gasteiger partial charge on any atom is 2.00 e. The molecule has 0 aromatic carbocycles.